The number of carbonyl (C=O) groups is 2. The van der Waals surface area contributed by atoms with E-state index in [9.17, 15) is 13.8 Å². The van der Waals surface area contributed by atoms with Crippen molar-refractivity contribution in [2.75, 3.05) is 13.2 Å². The summed E-state index contributed by atoms with van der Waals surface area (Å²) in [6, 6.07) is 7.18. The summed E-state index contributed by atoms with van der Waals surface area (Å²) in [5.74, 6) is -1.07. The van der Waals surface area contributed by atoms with Gasteiger partial charge in [-0.3, -0.25) is 18.7 Å². The van der Waals surface area contributed by atoms with E-state index in [1.54, 1.807) is 18.2 Å². The van der Waals surface area contributed by atoms with Gasteiger partial charge >= 0.3 is 0 Å². The third-order valence-corrected chi connectivity index (χ3v) is 5.73. The van der Waals surface area contributed by atoms with Crippen LogP contribution in [0.25, 0.3) is 0 Å². The molecule has 0 bridgehead atoms. The SMILES string of the molecule is Cc1ccc([S@](=O)OCCN2C(=O)[C@H]3CC(Cl)=CC[C@H]3C2=O)cc1. The van der Waals surface area contributed by atoms with Gasteiger partial charge in [0.25, 0.3) is 0 Å². The number of hydrogen-bond acceptors (Lipinski definition) is 4. The molecule has 1 aliphatic heterocycles. The number of allylic oxidation sites excluding steroid dienone is 2. The first-order chi connectivity index (χ1) is 11.5. The predicted octanol–water partition coefficient (Wildman–Crippen LogP) is 2.55. The van der Waals surface area contributed by atoms with Crippen LogP contribution >= 0.6 is 11.6 Å². The van der Waals surface area contributed by atoms with Gasteiger partial charge in [-0.15, -0.1) is 0 Å². The third kappa shape index (κ3) is 3.45. The number of aryl methyl sites for hydroxylation is 1. The summed E-state index contributed by atoms with van der Waals surface area (Å²) in [5, 5.41) is 0.635. The number of halogens is 1. The van der Waals surface area contributed by atoms with Crippen LogP contribution in [0.4, 0.5) is 0 Å². The molecule has 1 fully saturated rings. The Hall–Kier alpha value is -1.50. The van der Waals surface area contributed by atoms with Crippen molar-refractivity contribution in [1.82, 2.24) is 4.90 Å². The van der Waals surface area contributed by atoms with Crippen LogP contribution in [0.5, 0.6) is 0 Å². The predicted molar refractivity (Wildman–Crippen MR) is 90.4 cm³/mol. The second kappa shape index (κ2) is 7.17. The molecular weight excluding hydrogens is 350 g/mol. The van der Waals surface area contributed by atoms with E-state index in [1.807, 2.05) is 19.1 Å². The minimum Gasteiger partial charge on any atom is -0.285 e. The molecule has 2 amide bonds. The number of imide groups is 1. The molecule has 0 N–H and O–H groups in total. The number of benzene rings is 1. The Morgan fingerprint density at radius 1 is 1.21 bits per heavy atom. The van der Waals surface area contributed by atoms with E-state index in [4.69, 9.17) is 15.8 Å². The summed E-state index contributed by atoms with van der Waals surface area (Å²) in [6.45, 7) is 2.09. The first-order valence-electron chi connectivity index (χ1n) is 7.79. The lowest BCUT2D eigenvalue weighted by molar-refractivity contribution is -0.140. The molecule has 1 aliphatic carbocycles. The molecule has 1 heterocycles. The van der Waals surface area contributed by atoms with Crippen LogP contribution in [0, 0.1) is 18.8 Å². The number of hydrogen-bond donors (Lipinski definition) is 0. The average molecular weight is 368 g/mol. The standard InChI is InChI=1S/C17H18ClNO4S/c1-11-2-5-13(6-3-11)24(22)23-9-8-19-16(20)14-7-4-12(18)10-15(14)17(19)21/h2-6,14-15H,7-10H2,1H3/t14-,15+,24-/m1/s1. The van der Waals surface area contributed by atoms with Gasteiger partial charge in [-0.2, -0.15) is 0 Å². The van der Waals surface area contributed by atoms with Crippen LogP contribution in [-0.2, 0) is 24.9 Å². The summed E-state index contributed by atoms with van der Waals surface area (Å²) in [4.78, 5) is 26.5. The summed E-state index contributed by atoms with van der Waals surface area (Å²) < 4.78 is 17.3. The van der Waals surface area contributed by atoms with Crippen LogP contribution in [0.1, 0.15) is 18.4 Å². The first kappa shape index (κ1) is 17.3. The molecule has 5 nitrogen and oxygen atoms in total. The Kier molecular flexibility index (Phi) is 5.18. The van der Waals surface area contributed by atoms with Gasteiger partial charge in [-0.25, -0.2) is 4.21 Å². The van der Waals surface area contributed by atoms with Crippen molar-refractivity contribution in [2.24, 2.45) is 11.8 Å². The fourth-order valence-electron chi connectivity index (χ4n) is 3.04. The highest BCUT2D eigenvalue weighted by molar-refractivity contribution is 7.80. The molecule has 1 saturated heterocycles. The molecule has 1 aromatic rings. The van der Waals surface area contributed by atoms with E-state index in [-0.39, 0.29) is 36.8 Å². The Labute approximate surface area is 148 Å². The monoisotopic (exact) mass is 367 g/mol. The van der Waals surface area contributed by atoms with Crippen molar-refractivity contribution in [3.05, 3.63) is 40.9 Å². The largest absolute Gasteiger partial charge is 0.285 e. The maximum absolute atomic E-state index is 12.4. The first-order valence-corrected chi connectivity index (χ1v) is 9.24. The van der Waals surface area contributed by atoms with Gasteiger partial charge in [-0.1, -0.05) is 35.4 Å². The van der Waals surface area contributed by atoms with Gasteiger partial charge in [0, 0.05) is 5.03 Å². The summed E-state index contributed by atoms with van der Waals surface area (Å²) >= 11 is 4.37. The Bertz CT molecular complexity index is 716. The van der Waals surface area contributed by atoms with Gasteiger partial charge in [0.2, 0.25) is 11.8 Å². The molecule has 0 unspecified atom stereocenters. The summed E-state index contributed by atoms with van der Waals surface area (Å²) in [6.07, 6.45) is 2.73. The number of likely N-dealkylation sites (tertiary alicyclic amines) is 1. The van der Waals surface area contributed by atoms with Crippen molar-refractivity contribution in [3.63, 3.8) is 0 Å². The average Bonchev–Trinajstić information content (AvgIpc) is 2.79. The molecule has 3 atom stereocenters. The van der Waals surface area contributed by atoms with Gasteiger partial charge in [-0.05, 0) is 31.9 Å². The number of nitrogens with zero attached hydrogens (tertiary/aromatic N) is 1. The quantitative estimate of drug-likeness (QED) is 0.750. The van der Waals surface area contributed by atoms with Gasteiger partial charge in [0.15, 0.2) is 11.1 Å². The van der Waals surface area contributed by atoms with E-state index in [0.717, 1.165) is 5.56 Å². The molecule has 128 valence electrons. The molecule has 3 rings (SSSR count). The lowest BCUT2D eigenvalue weighted by Gasteiger charge is -2.17. The lowest BCUT2D eigenvalue weighted by atomic mass is 9.85. The van der Waals surface area contributed by atoms with E-state index in [1.165, 1.54) is 4.90 Å². The number of rotatable bonds is 5. The van der Waals surface area contributed by atoms with Crippen molar-refractivity contribution >= 4 is 34.5 Å². The Morgan fingerprint density at radius 3 is 2.58 bits per heavy atom. The zero-order valence-electron chi connectivity index (χ0n) is 13.2. The number of amides is 2. The van der Waals surface area contributed by atoms with Crippen molar-refractivity contribution in [1.29, 1.82) is 0 Å². The molecule has 1 aromatic carbocycles. The zero-order chi connectivity index (χ0) is 17.3. The van der Waals surface area contributed by atoms with Crippen LogP contribution in [0.15, 0.2) is 40.3 Å². The second-order valence-electron chi connectivity index (χ2n) is 6.00. The van der Waals surface area contributed by atoms with E-state index >= 15 is 0 Å². The fourth-order valence-corrected chi connectivity index (χ4v) is 4.01. The molecule has 7 heteroatoms. The maximum Gasteiger partial charge on any atom is 0.233 e. The molecule has 0 saturated carbocycles. The van der Waals surface area contributed by atoms with Gasteiger partial charge < -0.3 is 0 Å². The van der Waals surface area contributed by atoms with Crippen LogP contribution < -0.4 is 0 Å². The van der Waals surface area contributed by atoms with Gasteiger partial charge in [0.1, 0.15) is 0 Å². The lowest BCUT2D eigenvalue weighted by Crippen LogP contribution is -2.34. The minimum absolute atomic E-state index is 0.0402. The highest BCUT2D eigenvalue weighted by Gasteiger charge is 2.48. The third-order valence-electron chi connectivity index (χ3n) is 4.38. The molecule has 0 spiro atoms. The topological polar surface area (TPSA) is 63.7 Å². The van der Waals surface area contributed by atoms with Crippen molar-refractivity contribution in [3.8, 4) is 0 Å². The Balaban J connectivity index is 1.55. The molecule has 2 aliphatic rings. The highest BCUT2D eigenvalue weighted by Crippen LogP contribution is 2.38. The molecular formula is C17H18ClNO4S. The smallest absolute Gasteiger partial charge is 0.233 e. The van der Waals surface area contributed by atoms with Crippen molar-refractivity contribution in [2.45, 2.75) is 24.7 Å². The molecule has 0 radical (unpaired) electrons. The van der Waals surface area contributed by atoms with Crippen LogP contribution in [-0.4, -0.2) is 34.1 Å². The zero-order valence-corrected chi connectivity index (χ0v) is 14.8. The normalized spacial score (nSPS) is 24.8. The second-order valence-corrected chi connectivity index (χ2v) is 7.66. The van der Waals surface area contributed by atoms with E-state index < -0.39 is 11.1 Å². The molecule has 0 aromatic heterocycles. The molecule has 24 heavy (non-hydrogen) atoms. The summed E-state index contributed by atoms with van der Waals surface area (Å²) in [5.41, 5.74) is 1.07. The van der Waals surface area contributed by atoms with Crippen LogP contribution in [0.2, 0.25) is 0 Å². The minimum atomic E-state index is -1.61. The van der Waals surface area contributed by atoms with Crippen LogP contribution in [0.3, 0.4) is 0 Å². The van der Waals surface area contributed by atoms with Crippen molar-refractivity contribution < 1.29 is 18.0 Å². The number of carbonyl (C=O) groups excluding carboxylic acids is 2. The Morgan fingerprint density at radius 2 is 1.88 bits per heavy atom. The number of fused-ring (bicyclic) bond motifs is 1. The van der Waals surface area contributed by atoms with E-state index in [2.05, 4.69) is 0 Å². The van der Waals surface area contributed by atoms with E-state index in [0.29, 0.717) is 22.8 Å². The summed E-state index contributed by atoms with van der Waals surface area (Å²) in [7, 11) is 0. The highest BCUT2D eigenvalue weighted by atomic mass is 35.5. The maximum atomic E-state index is 12.4. The fraction of sp³-hybridized carbons (Fsp3) is 0.412. The van der Waals surface area contributed by atoms with Gasteiger partial charge in [0.05, 0.1) is 29.9 Å².